The number of hydrogen-bond donors (Lipinski definition) is 1. The first-order chi connectivity index (χ1) is 15.4. The number of aryl methyl sites for hydroxylation is 1. The maximum atomic E-state index is 13.7. The summed E-state index contributed by atoms with van der Waals surface area (Å²) < 4.78 is 11.3. The first kappa shape index (κ1) is 20.3. The summed E-state index contributed by atoms with van der Waals surface area (Å²) >= 11 is 6.20. The summed E-state index contributed by atoms with van der Waals surface area (Å²) in [5, 5.41) is 10.5. The molecule has 2 aromatic carbocycles. The minimum Gasteiger partial charge on any atom is -0.486 e. The second-order valence-electron chi connectivity index (χ2n) is 7.72. The van der Waals surface area contributed by atoms with Crippen molar-refractivity contribution in [2.24, 2.45) is 0 Å². The summed E-state index contributed by atoms with van der Waals surface area (Å²) in [7, 11) is 0. The third kappa shape index (κ3) is 3.35. The number of carboxylic acids is 1. The van der Waals surface area contributed by atoms with Gasteiger partial charge in [-0.3, -0.25) is 14.5 Å². The van der Waals surface area contributed by atoms with Crippen molar-refractivity contribution in [2.75, 3.05) is 18.1 Å². The Balaban J connectivity index is 1.76. The average molecular weight is 451 g/mol. The maximum absolute atomic E-state index is 13.7. The number of carbonyl (C=O) groups excluding carboxylic acids is 1. The molecule has 7 nitrogen and oxygen atoms in total. The van der Waals surface area contributed by atoms with Crippen molar-refractivity contribution < 1.29 is 24.2 Å². The summed E-state index contributed by atoms with van der Waals surface area (Å²) in [5.41, 5.74) is 2.53. The summed E-state index contributed by atoms with van der Waals surface area (Å²) in [4.78, 5) is 31.9. The van der Waals surface area contributed by atoms with Crippen LogP contribution in [0.4, 0.5) is 5.69 Å². The van der Waals surface area contributed by atoms with Crippen LogP contribution in [0.15, 0.2) is 54.6 Å². The molecule has 162 valence electrons. The van der Waals surface area contributed by atoms with Crippen LogP contribution in [0.2, 0.25) is 5.15 Å². The number of anilines is 1. The van der Waals surface area contributed by atoms with E-state index in [1.807, 2.05) is 0 Å². The maximum Gasteiger partial charge on any atom is 0.313 e. The number of fused-ring (bicyclic) bond motifs is 2. The molecule has 3 aromatic rings. The van der Waals surface area contributed by atoms with Crippen LogP contribution in [0.25, 0.3) is 0 Å². The lowest BCUT2D eigenvalue weighted by Gasteiger charge is -2.41. The molecule has 0 spiro atoms. The Labute approximate surface area is 189 Å². The Morgan fingerprint density at radius 2 is 1.84 bits per heavy atom. The van der Waals surface area contributed by atoms with Crippen LogP contribution in [0.1, 0.15) is 39.1 Å². The molecule has 32 heavy (non-hydrogen) atoms. The standard InChI is InChI=1S/C24H19ClN2O5/c1-13-10-15(12-20(25)26-13)27-22(14-6-7-18-19(11-14)32-9-8-31-18)21(24(29)30)16-4-2-3-5-17(16)23(27)28/h2-7,10-12,21-22H,8-9H2,1H3,(H,29,30)/t21-,22+/m1/s1. The van der Waals surface area contributed by atoms with Crippen molar-refractivity contribution in [3.05, 3.63) is 82.1 Å². The van der Waals surface area contributed by atoms with Crippen molar-refractivity contribution in [1.82, 2.24) is 4.98 Å². The second kappa shape index (κ2) is 7.84. The fourth-order valence-electron chi connectivity index (χ4n) is 4.42. The molecule has 0 saturated carbocycles. The molecule has 0 radical (unpaired) electrons. The fraction of sp³-hybridized carbons (Fsp3) is 0.208. The smallest absolute Gasteiger partial charge is 0.313 e. The van der Waals surface area contributed by atoms with E-state index in [1.165, 1.54) is 4.90 Å². The van der Waals surface area contributed by atoms with Gasteiger partial charge in [0.15, 0.2) is 11.5 Å². The van der Waals surface area contributed by atoms with E-state index in [2.05, 4.69) is 4.98 Å². The number of rotatable bonds is 3. The van der Waals surface area contributed by atoms with E-state index in [4.69, 9.17) is 21.1 Å². The van der Waals surface area contributed by atoms with Crippen LogP contribution in [0.5, 0.6) is 11.5 Å². The molecular formula is C24H19ClN2O5. The van der Waals surface area contributed by atoms with Gasteiger partial charge in [0, 0.05) is 16.9 Å². The topological polar surface area (TPSA) is 89.0 Å². The number of hydrogen-bond acceptors (Lipinski definition) is 5. The van der Waals surface area contributed by atoms with Crippen molar-refractivity contribution in [3.8, 4) is 11.5 Å². The number of pyridine rings is 1. The van der Waals surface area contributed by atoms with E-state index < -0.39 is 17.9 Å². The first-order valence-corrected chi connectivity index (χ1v) is 10.5. The van der Waals surface area contributed by atoms with Crippen LogP contribution in [0.3, 0.4) is 0 Å². The number of carboxylic acid groups (broad SMARTS) is 1. The zero-order valence-electron chi connectivity index (χ0n) is 17.1. The van der Waals surface area contributed by atoms with Crippen LogP contribution in [-0.2, 0) is 4.79 Å². The third-order valence-electron chi connectivity index (χ3n) is 5.70. The number of nitrogens with zero attached hydrogens (tertiary/aromatic N) is 2. The number of benzene rings is 2. The Morgan fingerprint density at radius 3 is 2.59 bits per heavy atom. The van der Waals surface area contributed by atoms with E-state index in [9.17, 15) is 14.7 Å². The Hall–Kier alpha value is -3.58. The fourth-order valence-corrected chi connectivity index (χ4v) is 4.66. The average Bonchev–Trinajstić information content (AvgIpc) is 2.77. The molecule has 2 atom stereocenters. The van der Waals surface area contributed by atoms with E-state index in [0.717, 1.165) is 0 Å². The Bertz CT molecular complexity index is 1220. The quantitative estimate of drug-likeness (QED) is 0.595. The van der Waals surface area contributed by atoms with Gasteiger partial charge < -0.3 is 14.6 Å². The van der Waals surface area contributed by atoms with Crippen molar-refractivity contribution in [2.45, 2.75) is 18.9 Å². The molecule has 0 fully saturated rings. The zero-order valence-corrected chi connectivity index (χ0v) is 17.9. The van der Waals surface area contributed by atoms with Crippen LogP contribution < -0.4 is 14.4 Å². The number of carbonyl (C=O) groups is 2. The second-order valence-corrected chi connectivity index (χ2v) is 8.10. The Kier molecular flexibility index (Phi) is 4.98. The summed E-state index contributed by atoms with van der Waals surface area (Å²) in [5.74, 6) is -1.23. The molecule has 5 rings (SSSR count). The molecule has 1 N–H and O–H groups in total. The summed E-state index contributed by atoms with van der Waals surface area (Å²) in [6.45, 7) is 2.61. The predicted octanol–water partition coefficient (Wildman–Crippen LogP) is 4.38. The molecule has 3 heterocycles. The number of halogens is 1. The lowest BCUT2D eigenvalue weighted by atomic mass is 9.79. The number of aliphatic carboxylic acids is 1. The largest absolute Gasteiger partial charge is 0.486 e. The van der Waals surface area contributed by atoms with E-state index >= 15 is 0 Å². The molecule has 0 saturated heterocycles. The molecule has 1 amide bonds. The molecule has 2 aliphatic heterocycles. The van der Waals surface area contributed by atoms with Crippen molar-refractivity contribution in [3.63, 3.8) is 0 Å². The minimum atomic E-state index is -1.04. The van der Waals surface area contributed by atoms with Crippen molar-refractivity contribution in [1.29, 1.82) is 0 Å². The van der Waals surface area contributed by atoms with Gasteiger partial charge >= 0.3 is 5.97 Å². The summed E-state index contributed by atoms with van der Waals surface area (Å²) in [6.07, 6.45) is 0. The van der Waals surface area contributed by atoms with E-state index in [1.54, 1.807) is 61.5 Å². The normalized spacial score (nSPS) is 19.4. The minimum absolute atomic E-state index is 0.222. The molecule has 8 heteroatoms. The van der Waals surface area contributed by atoms with Gasteiger partial charge in [-0.25, -0.2) is 4.98 Å². The highest BCUT2D eigenvalue weighted by molar-refractivity contribution is 6.29. The van der Waals surface area contributed by atoms with Gasteiger partial charge in [-0.1, -0.05) is 35.9 Å². The highest BCUT2D eigenvalue weighted by Crippen LogP contribution is 2.47. The molecular weight excluding hydrogens is 432 g/mol. The monoisotopic (exact) mass is 450 g/mol. The number of ether oxygens (including phenoxy) is 2. The van der Waals surface area contributed by atoms with Gasteiger partial charge in [-0.05, 0) is 48.4 Å². The molecule has 2 aliphatic rings. The molecule has 1 aromatic heterocycles. The van der Waals surface area contributed by atoms with Crippen LogP contribution >= 0.6 is 11.6 Å². The molecule has 0 aliphatic carbocycles. The van der Waals surface area contributed by atoms with Gasteiger partial charge in [0.1, 0.15) is 24.3 Å². The van der Waals surface area contributed by atoms with Gasteiger partial charge in [0.25, 0.3) is 5.91 Å². The SMILES string of the molecule is Cc1cc(N2C(=O)c3ccccc3[C@@H](C(=O)O)[C@@H]2c2ccc3c(c2)OCCO3)cc(Cl)n1. The van der Waals surface area contributed by atoms with Crippen LogP contribution in [-0.4, -0.2) is 35.2 Å². The van der Waals surface area contributed by atoms with Crippen molar-refractivity contribution >= 4 is 29.2 Å². The Morgan fingerprint density at radius 1 is 1.09 bits per heavy atom. The van der Waals surface area contributed by atoms with Crippen LogP contribution in [0, 0.1) is 6.92 Å². The third-order valence-corrected chi connectivity index (χ3v) is 5.89. The van der Waals surface area contributed by atoms with Gasteiger partial charge in [-0.2, -0.15) is 0 Å². The lowest BCUT2D eigenvalue weighted by molar-refractivity contribution is -0.139. The lowest BCUT2D eigenvalue weighted by Crippen LogP contribution is -2.45. The number of amides is 1. The highest BCUT2D eigenvalue weighted by Gasteiger charge is 2.45. The number of aromatic nitrogens is 1. The first-order valence-electron chi connectivity index (χ1n) is 10.1. The van der Waals surface area contributed by atoms with E-state index in [0.29, 0.717) is 52.8 Å². The molecule has 0 bridgehead atoms. The summed E-state index contributed by atoms with van der Waals surface area (Å²) in [6, 6.07) is 14.5. The zero-order chi connectivity index (χ0) is 22.4. The van der Waals surface area contributed by atoms with Gasteiger partial charge in [0.05, 0.1) is 6.04 Å². The van der Waals surface area contributed by atoms with Gasteiger partial charge in [-0.15, -0.1) is 0 Å². The van der Waals surface area contributed by atoms with E-state index in [-0.39, 0.29) is 11.1 Å². The predicted molar refractivity (Wildman–Crippen MR) is 118 cm³/mol. The molecule has 0 unspecified atom stereocenters. The van der Waals surface area contributed by atoms with Gasteiger partial charge in [0.2, 0.25) is 0 Å². The highest BCUT2D eigenvalue weighted by atomic mass is 35.5.